The number of carbonyl (C=O) groups is 1. The molecule has 0 radical (unpaired) electrons. The van der Waals surface area contributed by atoms with E-state index in [-0.39, 0.29) is 5.91 Å². The third-order valence-electron chi connectivity index (χ3n) is 3.83. The number of methoxy groups -OCH3 is 1. The maximum atomic E-state index is 12.2. The minimum absolute atomic E-state index is 0.209. The smallest absolute Gasteiger partial charge is 0.270 e. The number of benzene rings is 1. The van der Waals surface area contributed by atoms with Gasteiger partial charge in [0.15, 0.2) is 0 Å². The topological polar surface area (TPSA) is 76.1 Å². The molecule has 3 aromatic rings. The summed E-state index contributed by atoms with van der Waals surface area (Å²) in [4.78, 5) is 20.5. The third-order valence-corrected chi connectivity index (χ3v) is 3.83. The van der Waals surface area contributed by atoms with Crippen molar-refractivity contribution in [2.75, 3.05) is 12.4 Å². The Morgan fingerprint density at radius 1 is 1.00 bits per heavy atom. The van der Waals surface area contributed by atoms with Crippen molar-refractivity contribution in [3.05, 3.63) is 83.9 Å². The zero-order valence-corrected chi connectivity index (χ0v) is 14.5. The molecule has 26 heavy (non-hydrogen) atoms. The van der Waals surface area contributed by atoms with Crippen molar-refractivity contribution in [3.8, 4) is 5.75 Å². The van der Waals surface area contributed by atoms with Gasteiger partial charge in [0.1, 0.15) is 11.4 Å². The van der Waals surface area contributed by atoms with Crippen molar-refractivity contribution in [1.29, 1.82) is 0 Å². The van der Waals surface area contributed by atoms with Gasteiger partial charge in [0.2, 0.25) is 0 Å². The average molecular weight is 348 g/mol. The summed E-state index contributed by atoms with van der Waals surface area (Å²) in [6.07, 6.45) is 5.20. The summed E-state index contributed by atoms with van der Waals surface area (Å²) < 4.78 is 5.12. The third kappa shape index (κ3) is 4.80. The molecule has 3 rings (SSSR count). The lowest BCUT2D eigenvalue weighted by molar-refractivity contribution is 0.0946. The predicted octanol–water partition coefficient (Wildman–Crippen LogP) is 3.03. The Labute approximate surface area is 152 Å². The van der Waals surface area contributed by atoms with Gasteiger partial charge in [-0.05, 0) is 41.5 Å². The van der Waals surface area contributed by atoms with Crippen LogP contribution in [0.3, 0.4) is 0 Å². The molecule has 0 bridgehead atoms. The second-order valence-electron chi connectivity index (χ2n) is 5.68. The van der Waals surface area contributed by atoms with Gasteiger partial charge in [0.05, 0.1) is 19.0 Å². The normalized spacial score (nSPS) is 10.2. The fourth-order valence-electron chi connectivity index (χ4n) is 2.36. The number of carbonyl (C=O) groups excluding carboxylic acids is 1. The van der Waals surface area contributed by atoms with E-state index in [1.807, 2.05) is 42.5 Å². The second-order valence-corrected chi connectivity index (χ2v) is 5.68. The number of rotatable bonds is 7. The highest BCUT2D eigenvalue weighted by Crippen LogP contribution is 2.12. The minimum atomic E-state index is -0.209. The number of hydrogen-bond donors (Lipinski definition) is 2. The highest BCUT2D eigenvalue weighted by molar-refractivity contribution is 5.92. The van der Waals surface area contributed by atoms with E-state index < -0.39 is 0 Å². The van der Waals surface area contributed by atoms with Gasteiger partial charge in [-0.15, -0.1) is 0 Å². The van der Waals surface area contributed by atoms with Crippen molar-refractivity contribution < 1.29 is 9.53 Å². The van der Waals surface area contributed by atoms with Crippen LogP contribution in [0.4, 0.5) is 5.69 Å². The number of nitrogens with zero attached hydrogens (tertiary/aromatic N) is 2. The highest BCUT2D eigenvalue weighted by atomic mass is 16.5. The van der Waals surface area contributed by atoms with E-state index in [1.165, 1.54) is 0 Å². The lowest BCUT2D eigenvalue weighted by Gasteiger charge is -2.08. The molecule has 0 atom stereocenters. The number of pyridine rings is 2. The molecule has 0 saturated carbocycles. The van der Waals surface area contributed by atoms with Crippen LogP contribution in [0.2, 0.25) is 0 Å². The standard InChI is InChI=1S/C20H20N4O2/c1-26-18-7-4-15(5-8-18)12-24-20(25)19-9-6-17(14-23-19)22-13-16-3-2-10-21-11-16/h2-11,14,22H,12-13H2,1H3,(H,24,25). The van der Waals surface area contributed by atoms with Crippen LogP contribution < -0.4 is 15.4 Å². The van der Waals surface area contributed by atoms with E-state index in [0.717, 1.165) is 22.6 Å². The highest BCUT2D eigenvalue weighted by Gasteiger charge is 2.07. The first-order valence-electron chi connectivity index (χ1n) is 8.24. The summed E-state index contributed by atoms with van der Waals surface area (Å²) in [7, 11) is 1.62. The van der Waals surface area contributed by atoms with Gasteiger partial charge in [-0.25, -0.2) is 4.98 Å². The molecule has 1 amide bonds. The minimum Gasteiger partial charge on any atom is -0.497 e. The molecule has 0 fully saturated rings. The zero-order valence-electron chi connectivity index (χ0n) is 14.5. The largest absolute Gasteiger partial charge is 0.497 e. The number of amides is 1. The Morgan fingerprint density at radius 2 is 1.85 bits per heavy atom. The van der Waals surface area contributed by atoms with Crippen LogP contribution in [0.5, 0.6) is 5.75 Å². The fourth-order valence-corrected chi connectivity index (χ4v) is 2.36. The lowest BCUT2D eigenvalue weighted by atomic mass is 10.2. The van der Waals surface area contributed by atoms with Crippen LogP contribution >= 0.6 is 0 Å². The van der Waals surface area contributed by atoms with Crippen molar-refractivity contribution >= 4 is 11.6 Å². The molecule has 0 unspecified atom stereocenters. The van der Waals surface area contributed by atoms with Crippen LogP contribution in [0, 0.1) is 0 Å². The Morgan fingerprint density at radius 3 is 2.50 bits per heavy atom. The van der Waals surface area contributed by atoms with E-state index in [9.17, 15) is 4.79 Å². The van der Waals surface area contributed by atoms with Crippen molar-refractivity contribution in [2.45, 2.75) is 13.1 Å². The molecular weight excluding hydrogens is 328 g/mol. The van der Waals surface area contributed by atoms with Gasteiger partial charge in [-0.2, -0.15) is 0 Å². The quantitative estimate of drug-likeness (QED) is 0.686. The maximum Gasteiger partial charge on any atom is 0.270 e. The van der Waals surface area contributed by atoms with E-state index >= 15 is 0 Å². The Kier molecular flexibility index (Phi) is 5.77. The number of ether oxygens (including phenoxy) is 1. The average Bonchev–Trinajstić information content (AvgIpc) is 2.72. The summed E-state index contributed by atoms with van der Waals surface area (Å²) in [6.45, 7) is 1.09. The van der Waals surface area contributed by atoms with Gasteiger partial charge in [0.25, 0.3) is 5.91 Å². The van der Waals surface area contributed by atoms with Crippen LogP contribution in [-0.4, -0.2) is 23.0 Å². The Balaban J connectivity index is 1.51. The monoisotopic (exact) mass is 348 g/mol. The molecule has 0 saturated heterocycles. The molecule has 1 aromatic carbocycles. The molecule has 0 aliphatic heterocycles. The van der Waals surface area contributed by atoms with Gasteiger partial charge in [-0.1, -0.05) is 18.2 Å². The molecule has 2 aromatic heterocycles. The first-order chi connectivity index (χ1) is 12.7. The molecule has 6 nitrogen and oxygen atoms in total. The van der Waals surface area contributed by atoms with Crippen LogP contribution in [-0.2, 0) is 13.1 Å². The summed E-state index contributed by atoms with van der Waals surface area (Å²) in [5, 5.41) is 6.11. The molecule has 0 spiro atoms. The summed E-state index contributed by atoms with van der Waals surface area (Å²) >= 11 is 0. The van der Waals surface area contributed by atoms with Crippen LogP contribution in [0.1, 0.15) is 21.6 Å². The summed E-state index contributed by atoms with van der Waals surface area (Å²) in [5.41, 5.74) is 3.30. The zero-order chi connectivity index (χ0) is 18.2. The number of hydrogen-bond acceptors (Lipinski definition) is 5. The van der Waals surface area contributed by atoms with Gasteiger partial charge >= 0.3 is 0 Å². The Bertz CT molecular complexity index is 834. The SMILES string of the molecule is COc1ccc(CNC(=O)c2ccc(NCc3cccnc3)cn2)cc1. The number of anilines is 1. The molecule has 2 heterocycles. The molecule has 132 valence electrons. The first-order valence-corrected chi connectivity index (χ1v) is 8.24. The van der Waals surface area contributed by atoms with Gasteiger partial charge < -0.3 is 15.4 Å². The van der Waals surface area contributed by atoms with Crippen molar-refractivity contribution in [3.63, 3.8) is 0 Å². The number of aromatic nitrogens is 2. The van der Waals surface area contributed by atoms with E-state index in [1.54, 1.807) is 31.8 Å². The lowest BCUT2D eigenvalue weighted by Crippen LogP contribution is -2.23. The molecule has 0 aliphatic carbocycles. The van der Waals surface area contributed by atoms with Gasteiger partial charge in [-0.3, -0.25) is 9.78 Å². The summed E-state index contributed by atoms with van der Waals surface area (Å²) in [6, 6.07) is 15.0. The van der Waals surface area contributed by atoms with Crippen LogP contribution in [0.15, 0.2) is 67.1 Å². The molecule has 0 aliphatic rings. The first kappa shape index (κ1) is 17.4. The van der Waals surface area contributed by atoms with E-state index in [0.29, 0.717) is 18.8 Å². The predicted molar refractivity (Wildman–Crippen MR) is 100.0 cm³/mol. The van der Waals surface area contributed by atoms with Crippen molar-refractivity contribution in [1.82, 2.24) is 15.3 Å². The molecular formula is C20H20N4O2. The van der Waals surface area contributed by atoms with Crippen LogP contribution in [0.25, 0.3) is 0 Å². The van der Waals surface area contributed by atoms with E-state index in [2.05, 4.69) is 20.6 Å². The Hall–Kier alpha value is -3.41. The second kappa shape index (κ2) is 8.62. The molecule has 6 heteroatoms. The molecule has 2 N–H and O–H groups in total. The summed E-state index contributed by atoms with van der Waals surface area (Å²) in [5.74, 6) is 0.579. The number of nitrogens with one attached hydrogen (secondary N) is 2. The maximum absolute atomic E-state index is 12.2. The van der Waals surface area contributed by atoms with Crippen molar-refractivity contribution in [2.24, 2.45) is 0 Å². The van der Waals surface area contributed by atoms with E-state index in [4.69, 9.17) is 4.74 Å². The van der Waals surface area contributed by atoms with Gasteiger partial charge in [0, 0.05) is 25.5 Å². The fraction of sp³-hybridized carbons (Fsp3) is 0.150.